The van der Waals surface area contributed by atoms with Crippen molar-refractivity contribution in [2.75, 3.05) is 32.1 Å². The fraction of sp³-hybridized carbons (Fsp3) is 0.276. The van der Waals surface area contributed by atoms with Crippen molar-refractivity contribution in [1.29, 1.82) is 5.26 Å². The molecule has 0 atom stereocenters. The van der Waals surface area contributed by atoms with Crippen LogP contribution in [0.15, 0.2) is 72.8 Å². The number of likely N-dealkylation sites (tertiary alicyclic amines) is 1. The Kier molecular flexibility index (Phi) is 6.21. The molecule has 2 saturated heterocycles. The predicted molar refractivity (Wildman–Crippen MR) is 137 cm³/mol. The van der Waals surface area contributed by atoms with Crippen molar-refractivity contribution >= 4 is 17.6 Å². The number of carbonyl (C=O) groups is 2. The number of hydrogen-bond acceptors (Lipinski definition) is 5. The number of imide groups is 1. The van der Waals surface area contributed by atoms with Crippen LogP contribution in [0.4, 0.5) is 10.5 Å². The Hall–Kier alpha value is -4.15. The number of hydrogen-bond donors (Lipinski definition) is 0. The van der Waals surface area contributed by atoms with Crippen LogP contribution in [-0.4, -0.2) is 54.5 Å². The number of amides is 3. The second-order valence-corrected chi connectivity index (χ2v) is 9.38. The zero-order chi connectivity index (χ0) is 25.3. The second kappa shape index (κ2) is 9.48. The molecule has 2 aliphatic rings. The van der Waals surface area contributed by atoms with Gasteiger partial charge in [-0.25, -0.2) is 9.69 Å². The van der Waals surface area contributed by atoms with Gasteiger partial charge in [-0.15, -0.1) is 0 Å². The van der Waals surface area contributed by atoms with Gasteiger partial charge in [0.15, 0.2) is 0 Å². The largest absolute Gasteiger partial charge is 0.497 e. The molecule has 2 heterocycles. The maximum Gasteiger partial charge on any atom is 0.332 e. The maximum absolute atomic E-state index is 13.6. The minimum atomic E-state index is -0.813. The van der Waals surface area contributed by atoms with E-state index in [2.05, 4.69) is 35.2 Å². The highest BCUT2D eigenvalue weighted by Crippen LogP contribution is 2.39. The summed E-state index contributed by atoms with van der Waals surface area (Å²) in [6.07, 6.45) is 1.18. The highest BCUT2D eigenvalue weighted by molar-refractivity contribution is 6.23. The first-order valence-corrected chi connectivity index (χ1v) is 12.0. The molecule has 0 radical (unpaired) electrons. The first-order chi connectivity index (χ1) is 17.4. The first-order valence-electron chi connectivity index (χ1n) is 12.0. The van der Waals surface area contributed by atoms with Crippen molar-refractivity contribution in [1.82, 2.24) is 9.80 Å². The molecule has 7 heteroatoms. The number of ether oxygens (including phenoxy) is 1. The summed E-state index contributed by atoms with van der Waals surface area (Å²) >= 11 is 0. The number of likely N-dealkylation sites (N-methyl/N-ethyl adjacent to an activating group) is 1. The van der Waals surface area contributed by atoms with Gasteiger partial charge in [0.25, 0.3) is 5.91 Å². The van der Waals surface area contributed by atoms with Crippen LogP contribution in [-0.2, 0) is 11.3 Å². The summed E-state index contributed by atoms with van der Waals surface area (Å²) in [5.74, 6) is 0.446. The molecule has 0 bridgehead atoms. The summed E-state index contributed by atoms with van der Waals surface area (Å²) in [6.45, 7) is 2.22. The SMILES string of the molecule is COc1cccc(N2C(=O)N(C)C3(CCN(Cc4ccc(-c5cccc(C#N)c5)cc4)CC3)C2=O)c1. The van der Waals surface area contributed by atoms with E-state index in [1.54, 1.807) is 49.4 Å². The zero-order valence-corrected chi connectivity index (χ0v) is 20.5. The van der Waals surface area contributed by atoms with Crippen LogP contribution >= 0.6 is 0 Å². The lowest BCUT2D eigenvalue weighted by Gasteiger charge is -2.40. The second-order valence-electron chi connectivity index (χ2n) is 9.38. The zero-order valence-electron chi connectivity index (χ0n) is 20.5. The van der Waals surface area contributed by atoms with E-state index in [1.165, 1.54) is 10.5 Å². The van der Waals surface area contributed by atoms with Gasteiger partial charge in [-0.2, -0.15) is 5.26 Å². The lowest BCUT2D eigenvalue weighted by molar-refractivity contribution is -0.127. The highest BCUT2D eigenvalue weighted by atomic mass is 16.5. The normalized spacial score (nSPS) is 17.5. The Morgan fingerprint density at radius 3 is 2.36 bits per heavy atom. The van der Waals surface area contributed by atoms with Crippen molar-refractivity contribution in [3.63, 3.8) is 0 Å². The van der Waals surface area contributed by atoms with E-state index in [0.717, 1.165) is 30.8 Å². The molecule has 0 aromatic heterocycles. The molecular weight excluding hydrogens is 452 g/mol. The monoisotopic (exact) mass is 480 g/mol. The minimum Gasteiger partial charge on any atom is -0.497 e. The maximum atomic E-state index is 13.6. The average Bonchev–Trinajstić information content (AvgIpc) is 3.10. The lowest BCUT2D eigenvalue weighted by Crippen LogP contribution is -2.55. The average molecular weight is 481 g/mol. The van der Waals surface area contributed by atoms with Crippen LogP contribution in [0, 0.1) is 11.3 Å². The van der Waals surface area contributed by atoms with E-state index in [1.807, 2.05) is 18.2 Å². The summed E-state index contributed by atoms with van der Waals surface area (Å²) in [5.41, 5.74) is 3.65. The van der Waals surface area contributed by atoms with Crippen molar-refractivity contribution in [3.8, 4) is 22.9 Å². The molecule has 0 saturated carbocycles. The Balaban J connectivity index is 1.26. The van der Waals surface area contributed by atoms with Crippen molar-refractivity contribution < 1.29 is 14.3 Å². The molecule has 1 spiro atoms. The molecule has 0 N–H and O–H groups in total. The summed E-state index contributed by atoms with van der Waals surface area (Å²) in [5, 5.41) is 9.15. The Bertz CT molecular complexity index is 1340. The summed E-state index contributed by atoms with van der Waals surface area (Å²) in [7, 11) is 3.30. The van der Waals surface area contributed by atoms with Gasteiger partial charge in [0.05, 0.1) is 24.4 Å². The van der Waals surface area contributed by atoms with E-state index in [9.17, 15) is 9.59 Å². The van der Waals surface area contributed by atoms with Gasteiger partial charge in [-0.1, -0.05) is 42.5 Å². The minimum absolute atomic E-state index is 0.160. The number of piperidine rings is 1. The molecular formula is C29H28N4O3. The van der Waals surface area contributed by atoms with Crippen LogP contribution in [0.5, 0.6) is 5.75 Å². The quantitative estimate of drug-likeness (QED) is 0.496. The summed E-state index contributed by atoms with van der Waals surface area (Å²) in [4.78, 5) is 31.9. The van der Waals surface area contributed by atoms with Gasteiger partial charge in [-0.05, 0) is 53.8 Å². The Morgan fingerprint density at radius 2 is 1.67 bits per heavy atom. The molecule has 0 unspecified atom stereocenters. The molecule has 3 aromatic rings. The number of anilines is 1. The van der Waals surface area contributed by atoms with Crippen LogP contribution < -0.4 is 9.64 Å². The fourth-order valence-electron chi connectivity index (χ4n) is 5.21. The van der Waals surface area contributed by atoms with Crippen LogP contribution in [0.2, 0.25) is 0 Å². The highest BCUT2D eigenvalue weighted by Gasteiger charge is 2.56. The van der Waals surface area contributed by atoms with Crippen molar-refractivity contribution in [3.05, 3.63) is 83.9 Å². The third kappa shape index (κ3) is 4.10. The van der Waals surface area contributed by atoms with Gasteiger partial charge in [0, 0.05) is 32.7 Å². The number of methoxy groups -OCH3 is 1. The van der Waals surface area contributed by atoms with Crippen LogP contribution in [0.25, 0.3) is 11.1 Å². The van der Waals surface area contributed by atoms with Gasteiger partial charge >= 0.3 is 6.03 Å². The number of nitriles is 1. The van der Waals surface area contributed by atoms with Gasteiger partial charge in [0.2, 0.25) is 0 Å². The van der Waals surface area contributed by atoms with Crippen LogP contribution in [0.1, 0.15) is 24.0 Å². The number of nitrogens with zero attached hydrogens (tertiary/aromatic N) is 4. The molecule has 3 amide bonds. The Labute approximate surface area is 211 Å². The lowest BCUT2D eigenvalue weighted by atomic mass is 9.86. The molecule has 7 nitrogen and oxygen atoms in total. The third-order valence-electron chi connectivity index (χ3n) is 7.40. The molecule has 5 rings (SSSR count). The van der Waals surface area contributed by atoms with Gasteiger partial charge < -0.3 is 9.64 Å². The fourth-order valence-corrected chi connectivity index (χ4v) is 5.21. The Morgan fingerprint density at radius 1 is 0.944 bits per heavy atom. The molecule has 0 aliphatic carbocycles. The van der Waals surface area contributed by atoms with E-state index >= 15 is 0 Å². The molecule has 2 fully saturated rings. The number of urea groups is 1. The van der Waals surface area contributed by atoms with Gasteiger partial charge in [0.1, 0.15) is 11.3 Å². The van der Waals surface area contributed by atoms with Gasteiger partial charge in [-0.3, -0.25) is 9.69 Å². The molecule has 182 valence electrons. The number of carbonyl (C=O) groups excluding carboxylic acids is 2. The van der Waals surface area contributed by atoms with Crippen molar-refractivity contribution in [2.45, 2.75) is 24.9 Å². The van der Waals surface area contributed by atoms with Crippen molar-refractivity contribution in [2.24, 2.45) is 0 Å². The smallest absolute Gasteiger partial charge is 0.332 e. The standard InChI is InChI=1S/C29H28N4O3/c1-31-28(35)33(25-7-4-8-26(18-25)36-2)27(34)29(31)13-15-32(16-14-29)20-21-9-11-23(12-10-21)24-6-3-5-22(17-24)19-30/h3-12,17-18H,13-16,20H2,1-2H3. The van der Waals surface area contributed by atoms with E-state index in [0.29, 0.717) is 29.8 Å². The topological polar surface area (TPSA) is 76.9 Å². The summed E-state index contributed by atoms with van der Waals surface area (Å²) < 4.78 is 5.28. The number of rotatable bonds is 5. The third-order valence-corrected chi connectivity index (χ3v) is 7.40. The first kappa shape index (κ1) is 23.6. The summed E-state index contributed by atoms with van der Waals surface area (Å²) in [6, 6.07) is 24.9. The molecule has 2 aliphatic heterocycles. The van der Waals surface area contributed by atoms with Crippen LogP contribution in [0.3, 0.4) is 0 Å². The molecule has 36 heavy (non-hydrogen) atoms. The predicted octanol–water partition coefficient (Wildman–Crippen LogP) is 4.67. The number of benzene rings is 3. The van der Waals surface area contributed by atoms with E-state index in [-0.39, 0.29) is 11.9 Å². The van der Waals surface area contributed by atoms with E-state index in [4.69, 9.17) is 10.00 Å². The molecule has 3 aromatic carbocycles. The van der Waals surface area contributed by atoms with E-state index < -0.39 is 5.54 Å².